The number of aromatic nitrogens is 4. The molecule has 3 aromatic rings. The second-order valence-corrected chi connectivity index (χ2v) is 6.16. The van der Waals surface area contributed by atoms with Crippen molar-refractivity contribution < 1.29 is 9.59 Å². The summed E-state index contributed by atoms with van der Waals surface area (Å²) in [7, 11) is 0. The van der Waals surface area contributed by atoms with Crippen LogP contribution in [0.15, 0.2) is 53.0 Å². The predicted molar refractivity (Wildman–Crippen MR) is 96.0 cm³/mol. The van der Waals surface area contributed by atoms with Crippen LogP contribution in [-0.4, -0.2) is 31.9 Å². The smallest absolute Gasteiger partial charge is 0.248 e. The number of ketones is 1. The van der Waals surface area contributed by atoms with Gasteiger partial charge in [-0.25, -0.2) is 0 Å². The first-order chi connectivity index (χ1) is 12.0. The lowest BCUT2D eigenvalue weighted by molar-refractivity contribution is -0.117. The van der Waals surface area contributed by atoms with Crippen molar-refractivity contribution >= 4 is 33.3 Å². The van der Waals surface area contributed by atoms with E-state index in [9.17, 15) is 9.59 Å². The van der Waals surface area contributed by atoms with Gasteiger partial charge in [-0.05, 0) is 48.5 Å². The molecule has 7 nitrogen and oxygen atoms in total. The van der Waals surface area contributed by atoms with Crippen molar-refractivity contribution in [2.75, 3.05) is 5.32 Å². The van der Waals surface area contributed by atoms with E-state index in [1.54, 1.807) is 24.3 Å². The molecule has 8 heteroatoms. The van der Waals surface area contributed by atoms with E-state index in [0.717, 1.165) is 10.0 Å². The molecule has 0 saturated carbocycles. The minimum Gasteiger partial charge on any atom is -0.324 e. The third-order valence-electron chi connectivity index (χ3n) is 3.43. The number of rotatable bonds is 5. The predicted octanol–water partition coefficient (Wildman–Crippen LogP) is 2.94. The number of halogens is 1. The SMILES string of the molecule is CC(=O)c1ccc(NC(=O)Cn2nnc(-c3ccccc3Br)n2)cc1. The van der Waals surface area contributed by atoms with E-state index in [1.165, 1.54) is 11.7 Å². The van der Waals surface area contributed by atoms with Crippen LogP contribution in [0.4, 0.5) is 5.69 Å². The summed E-state index contributed by atoms with van der Waals surface area (Å²) in [6, 6.07) is 14.2. The minimum atomic E-state index is -0.286. The van der Waals surface area contributed by atoms with Gasteiger partial charge >= 0.3 is 0 Å². The van der Waals surface area contributed by atoms with Gasteiger partial charge in [-0.2, -0.15) is 4.80 Å². The highest BCUT2D eigenvalue weighted by Gasteiger charge is 2.11. The summed E-state index contributed by atoms with van der Waals surface area (Å²) in [5, 5.41) is 14.8. The van der Waals surface area contributed by atoms with Gasteiger partial charge in [0.1, 0.15) is 6.54 Å². The van der Waals surface area contributed by atoms with E-state index in [0.29, 0.717) is 17.1 Å². The number of nitrogens with one attached hydrogen (secondary N) is 1. The summed E-state index contributed by atoms with van der Waals surface area (Å²) in [6.45, 7) is 1.43. The van der Waals surface area contributed by atoms with Gasteiger partial charge in [0.25, 0.3) is 0 Å². The van der Waals surface area contributed by atoms with E-state index < -0.39 is 0 Å². The van der Waals surface area contributed by atoms with Gasteiger partial charge in [-0.15, -0.1) is 10.2 Å². The Morgan fingerprint density at radius 2 is 1.84 bits per heavy atom. The average Bonchev–Trinajstić information content (AvgIpc) is 3.03. The van der Waals surface area contributed by atoms with Crippen LogP contribution in [-0.2, 0) is 11.3 Å². The first-order valence-electron chi connectivity index (χ1n) is 7.46. The van der Waals surface area contributed by atoms with Crippen molar-refractivity contribution in [3.8, 4) is 11.4 Å². The molecule has 0 unspecified atom stereocenters. The molecule has 0 aliphatic heterocycles. The van der Waals surface area contributed by atoms with Crippen molar-refractivity contribution in [3.63, 3.8) is 0 Å². The van der Waals surface area contributed by atoms with E-state index >= 15 is 0 Å². The first-order valence-corrected chi connectivity index (χ1v) is 8.26. The van der Waals surface area contributed by atoms with Crippen LogP contribution in [0.25, 0.3) is 11.4 Å². The molecule has 126 valence electrons. The molecule has 2 aromatic carbocycles. The molecule has 0 atom stereocenters. The molecule has 0 spiro atoms. The number of tetrazole rings is 1. The van der Waals surface area contributed by atoms with Crippen LogP contribution in [0.3, 0.4) is 0 Å². The maximum Gasteiger partial charge on any atom is 0.248 e. The Kier molecular flexibility index (Phi) is 4.99. The molecule has 0 fully saturated rings. The van der Waals surface area contributed by atoms with Crippen LogP contribution < -0.4 is 5.32 Å². The zero-order valence-corrected chi connectivity index (χ0v) is 14.9. The summed E-state index contributed by atoms with van der Waals surface area (Å²) in [4.78, 5) is 24.6. The fourth-order valence-corrected chi connectivity index (χ4v) is 2.64. The number of benzene rings is 2. The van der Waals surface area contributed by atoms with Gasteiger partial charge in [0.2, 0.25) is 11.7 Å². The Labute approximate surface area is 152 Å². The Balaban J connectivity index is 1.66. The molecule has 3 rings (SSSR count). The maximum absolute atomic E-state index is 12.1. The number of hydrogen-bond donors (Lipinski definition) is 1. The van der Waals surface area contributed by atoms with Gasteiger partial charge in [-0.1, -0.05) is 28.1 Å². The maximum atomic E-state index is 12.1. The topological polar surface area (TPSA) is 89.8 Å². The highest BCUT2D eigenvalue weighted by molar-refractivity contribution is 9.10. The largest absolute Gasteiger partial charge is 0.324 e. The second-order valence-electron chi connectivity index (χ2n) is 5.31. The van der Waals surface area contributed by atoms with Gasteiger partial charge in [-0.3, -0.25) is 9.59 Å². The number of hydrogen-bond acceptors (Lipinski definition) is 5. The summed E-state index contributed by atoms with van der Waals surface area (Å²) in [5.74, 6) is 0.127. The summed E-state index contributed by atoms with van der Waals surface area (Å²) >= 11 is 3.43. The molecule has 1 N–H and O–H groups in total. The van der Waals surface area contributed by atoms with Gasteiger partial charge in [0.05, 0.1) is 0 Å². The summed E-state index contributed by atoms with van der Waals surface area (Å²) < 4.78 is 0.851. The van der Waals surface area contributed by atoms with Crippen LogP contribution in [0.2, 0.25) is 0 Å². The van der Waals surface area contributed by atoms with Crippen molar-refractivity contribution in [3.05, 3.63) is 58.6 Å². The van der Waals surface area contributed by atoms with Crippen molar-refractivity contribution in [1.82, 2.24) is 20.2 Å². The lowest BCUT2D eigenvalue weighted by Crippen LogP contribution is -2.20. The number of anilines is 1. The van der Waals surface area contributed by atoms with Crippen LogP contribution in [0, 0.1) is 0 Å². The number of carbonyl (C=O) groups excluding carboxylic acids is 2. The Bertz CT molecular complexity index is 921. The highest BCUT2D eigenvalue weighted by Crippen LogP contribution is 2.24. The Morgan fingerprint density at radius 3 is 2.52 bits per heavy atom. The van der Waals surface area contributed by atoms with Gasteiger partial charge in [0, 0.05) is 21.3 Å². The highest BCUT2D eigenvalue weighted by atomic mass is 79.9. The van der Waals surface area contributed by atoms with Crippen LogP contribution >= 0.6 is 15.9 Å². The quantitative estimate of drug-likeness (QED) is 0.666. The molecular formula is C17H14BrN5O2. The molecule has 1 aromatic heterocycles. The third kappa shape index (κ3) is 4.16. The van der Waals surface area contributed by atoms with Gasteiger partial charge < -0.3 is 5.32 Å². The molecule has 1 amide bonds. The monoisotopic (exact) mass is 399 g/mol. The molecule has 1 heterocycles. The number of carbonyl (C=O) groups is 2. The second kappa shape index (κ2) is 7.35. The Hall–Kier alpha value is -2.87. The molecule has 0 radical (unpaired) electrons. The molecule has 0 aliphatic carbocycles. The molecule has 0 aliphatic rings. The van der Waals surface area contributed by atoms with Gasteiger partial charge in [0.15, 0.2) is 5.78 Å². The number of nitrogens with zero attached hydrogens (tertiary/aromatic N) is 4. The minimum absolute atomic E-state index is 0.0238. The summed E-state index contributed by atoms with van der Waals surface area (Å²) in [5.41, 5.74) is 1.99. The third-order valence-corrected chi connectivity index (χ3v) is 4.12. The zero-order chi connectivity index (χ0) is 17.8. The zero-order valence-electron chi connectivity index (χ0n) is 13.3. The normalized spacial score (nSPS) is 10.5. The molecule has 0 saturated heterocycles. The van der Waals surface area contributed by atoms with E-state index in [2.05, 4.69) is 36.7 Å². The summed E-state index contributed by atoms with van der Waals surface area (Å²) in [6.07, 6.45) is 0. The molecule has 25 heavy (non-hydrogen) atoms. The fourth-order valence-electron chi connectivity index (χ4n) is 2.18. The fraction of sp³-hybridized carbons (Fsp3) is 0.118. The standard InChI is InChI=1S/C17H14BrN5O2/c1-11(24)12-6-8-13(9-7-12)19-16(25)10-23-21-17(20-22-23)14-4-2-3-5-15(14)18/h2-9H,10H2,1H3,(H,19,25). The van der Waals surface area contributed by atoms with Crippen molar-refractivity contribution in [1.29, 1.82) is 0 Å². The lowest BCUT2D eigenvalue weighted by Gasteiger charge is -2.05. The molecule has 0 bridgehead atoms. The average molecular weight is 400 g/mol. The number of amides is 1. The van der Waals surface area contributed by atoms with Crippen LogP contribution in [0.5, 0.6) is 0 Å². The molecular weight excluding hydrogens is 386 g/mol. The van der Waals surface area contributed by atoms with E-state index in [-0.39, 0.29) is 18.2 Å². The van der Waals surface area contributed by atoms with Crippen molar-refractivity contribution in [2.24, 2.45) is 0 Å². The number of Topliss-reactive ketones (excluding diaryl/α,β-unsaturated/α-hetero) is 1. The van der Waals surface area contributed by atoms with Crippen molar-refractivity contribution in [2.45, 2.75) is 13.5 Å². The first kappa shape index (κ1) is 17.0. The lowest BCUT2D eigenvalue weighted by atomic mass is 10.1. The van der Waals surface area contributed by atoms with Crippen LogP contribution in [0.1, 0.15) is 17.3 Å². The Morgan fingerprint density at radius 1 is 1.12 bits per heavy atom. The van der Waals surface area contributed by atoms with E-state index in [1.807, 2.05) is 24.3 Å². The van der Waals surface area contributed by atoms with E-state index in [4.69, 9.17) is 0 Å².